The number of para-hydroxylation sites is 2. The number of carbonyl (C=O) groups is 1. The van der Waals surface area contributed by atoms with Crippen molar-refractivity contribution >= 4 is 16.9 Å². The predicted molar refractivity (Wildman–Crippen MR) is 109 cm³/mol. The highest BCUT2D eigenvalue weighted by molar-refractivity contribution is 5.95. The van der Waals surface area contributed by atoms with Gasteiger partial charge in [-0.3, -0.25) is 9.78 Å². The van der Waals surface area contributed by atoms with E-state index < -0.39 is 0 Å². The maximum absolute atomic E-state index is 12.6. The number of nitrogens with zero attached hydrogens (tertiary/aromatic N) is 3. The Labute approximate surface area is 164 Å². The van der Waals surface area contributed by atoms with Crippen molar-refractivity contribution in [1.29, 1.82) is 0 Å². The number of nitrogens with one attached hydrogen (secondary N) is 1. The minimum absolute atomic E-state index is 0.0810. The summed E-state index contributed by atoms with van der Waals surface area (Å²) in [7, 11) is 2.08. The maximum atomic E-state index is 12.6. The molecule has 1 saturated heterocycles. The van der Waals surface area contributed by atoms with E-state index in [1.54, 1.807) is 6.20 Å². The standard InChI is InChI=1S/C22H24N4O2/c1-26-9-10-28-15-16(14-26)12-24-22(27)18-6-4-5-17(11-18)21-13-23-19-7-2-3-8-20(19)25-21/h2-8,11,13,16H,9-10,12,14-15H2,1H3,(H,24,27)/t16-/m1/s1. The summed E-state index contributed by atoms with van der Waals surface area (Å²) in [5, 5.41) is 3.04. The second kappa shape index (κ2) is 8.46. The van der Waals surface area contributed by atoms with Gasteiger partial charge < -0.3 is 15.0 Å². The quantitative estimate of drug-likeness (QED) is 0.758. The van der Waals surface area contributed by atoms with E-state index >= 15 is 0 Å². The highest BCUT2D eigenvalue weighted by Gasteiger charge is 2.17. The molecule has 0 bridgehead atoms. The number of rotatable bonds is 4. The fourth-order valence-electron chi connectivity index (χ4n) is 3.43. The Kier molecular flexibility index (Phi) is 5.60. The van der Waals surface area contributed by atoms with Crippen LogP contribution >= 0.6 is 0 Å². The van der Waals surface area contributed by atoms with Crippen LogP contribution in [0.1, 0.15) is 10.4 Å². The van der Waals surface area contributed by atoms with E-state index in [-0.39, 0.29) is 5.91 Å². The number of benzene rings is 2. The zero-order chi connectivity index (χ0) is 19.3. The fraction of sp³-hybridized carbons (Fsp3) is 0.318. The third-order valence-corrected chi connectivity index (χ3v) is 4.96. The zero-order valence-corrected chi connectivity index (χ0v) is 16.0. The molecule has 2 aromatic carbocycles. The van der Waals surface area contributed by atoms with Gasteiger partial charge in [-0.05, 0) is 31.3 Å². The Balaban J connectivity index is 1.47. The number of aromatic nitrogens is 2. The minimum Gasteiger partial charge on any atom is -0.380 e. The molecular formula is C22H24N4O2. The Morgan fingerprint density at radius 2 is 2.07 bits per heavy atom. The van der Waals surface area contributed by atoms with Crippen LogP contribution in [0.4, 0.5) is 0 Å². The summed E-state index contributed by atoms with van der Waals surface area (Å²) in [6.45, 7) is 3.88. The molecule has 3 aromatic rings. The van der Waals surface area contributed by atoms with E-state index in [1.165, 1.54) is 0 Å². The largest absolute Gasteiger partial charge is 0.380 e. The van der Waals surface area contributed by atoms with Crippen molar-refractivity contribution in [2.24, 2.45) is 5.92 Å². The third-order valence-electron chi connectivity index (χ3n) is 4.96. The summed E-state index contributed by atoms with van der Waals surface area (Å²) >= 11 is 0. The summed E-state index contributed by atoms with van der Waals surface area (Å²) in [4.78, 5) is 24.0. The predicted octanol–water partition coefficient (Wildman–Crippen LogP) is 2.60. The van der Waals surface area contributed by atoms with E-state index in [9.17, 15) is 4.79 Å². The van der Waals surface area contributed by atoms with Gasteiger partial charge in [0.25, 0.3) is 5.91 Å². The number of amides is 1. The number of likely N-dealkylation sites (N-methyl/N-ethyl adjacent to an activating group) is 1. The Hall–Kier alpha value is -2.83. The summed E-state index contributed by atoms with van der Waals surface area (Å²) in [5.74, 6) is 0.216. The molecule has 6 heteroatoms. The molecule has 4 rings (SSSR count). The van der Waals surface area contributed by atoms with E-state index in [0.29, 0.717) is 24.6 Å². The molecule has 0 aliphatic carbocycles. The third kappa shape index (κ3) is 4.35. The highest BCUT2D eigenvalue weighted by atomic mass is 16.5. The fourth-order valence-corrected chi connectivity index (χ4v) is 3.43. The normalized spacial score (nSPS) is 18.0. The molecule has 144 valence electrons. The molecule has 1 N–H and O–H groups in total. The molecule has 0 radical (unpaired) electrons. The number of carbonyl (C=O) groups excluding carboxylic acids is 1. The highest BCUT2D eigenvalue weighted by Crippen LogP contribution is 2.20. The smallest absolute Gasteiger partial charge is 0.251 e. The van der Waals surface area contributed by atoms with Crippen LogP contribution in [-0.2, 0) is 4.74 Å². The molecule has 0 saturated carbocycles. The van der Waals surface area contributed by atoms with Crippen molar-refractivity contribution in [3.63, 3.8) is 0 Å². The Bertz CT molecular complexity index is 975. The molecule has 1 fully saturated rings. The van der Waals surface area contributed by atoms with Gasteiger partial charge in [0.1, 0.15) is 0 Å². The first-order valence-corrected chi connectivity index (χ1v) is 9.56. The lowest BCUT2D eigenvalue weighted by Crippen LogP contribution is -2.35. The van der Waals surface area contributed by atoms with Crippen molar-refractivity contribution in [3.8, 4) is 11.3 Å². The molecule has 6 nitrogen and oxygen atoms in total. The molecule has 1 amide bonds. The van der Waals surface area contributed by atoms with Gasteiger partial charge in [0.2, 0.25) is 0 Å². The molecule has 1 aliphatic rings. The lowest BCUT2D eigenvalue weighted by atomic mass is 10.1. The van der Waals surface area contributed by atoms with E-state index in [0.717, 1.165) is 42.0 Å². The van der Waals surface area contributed by atoms with Crippen molar-refractivity contribution in [2.45, 2.75) is 0 Å². The lowest BCUT2D eigenvalue weighted by molar-refractivity contribution is 0.0921. The number of hydrogen-bond donors (Lipinski definition) is 1. The summed E-state index contributed by atoms with van der Waals surface area (Å²) in [6.07, 6.45) is 1.75. The van der Waals surface area contributed by atoms with E-state index in [1.807, 2.05) is 48.5 Å². The van der Waals surface area contributed by atoms with Crippen molar-refractivity contribution in [1.82, 2.24) is 20.2 Å². The zero-order valence-electron chi connectivity index (χ0n) is 16.0. The van der Waals surface area contributed by atoms with Crippen LogP contribution in [0.2, 0.25) is 0 Å². The van der Waals surface area contributed by atoms with Gasteiger partial charge >= 0.3 is 0 Å². The van der Waals surface area contributed by atoms with Crippen LogP contribution in [0.3, 0.4) is 0 Å². The molecule has 2 heterocycles. The van der Waals surface area contributed by atoms with Gasteiger partial charge in [-0.1, -0.05) is 24.3 Å². The molecule has 1 atom stereocenters. The van der Waals surface area contributed by atoms with Gasteiger partial charge in [0.05, 0.1) is 36.1 Å². The first kappa shape index (κ1) is 18.5. The van der Waals surface area contributed by atoms with E-state index in [2.05, 4.69) is 27.2 Å². The molecule has 28 heavy (non-hydrogen) atoms. The van der Waals surface area contributed by atoms with Gasteiger partial charge in [0, 0.05) is 36.7 Å². The lowest BCUT2D eigenvalue weighted by Gasteiger charge is -2.19. The van der Waals surface area contributed by atoms with Gasteiger partial charge in [0.15, 0.2) is 0 Å². The first-order chi connectivity index (χ1) is 13.7. The van der Waals surface area contributed by atoms with Gasteiger partial charge in [-0.15, -0.1) is 0 Å². The van der Waals surface area contributed by atoms with Crippen LogP contribution in [0.15, 0.2) is 54.7 Å². The summed E-state index contributed by atoms with van der Waals surface area (Å²) < 4.78 is 5.62. The van der Waals surface area contributed by atoms with Crippen LogP contribution in [0, 0.1) is 5.92 Å². The topological polar surface area (TPSA) is 67.3 Å². The van der Waals surface area contributed by atoms with Crippen molar-refractivity contribution in [3.05, 3.63) is 60.3 Å². The minimum atomic E-state index is -0.0810. The number of hydrogen-bond acceptors (Lipinski definition) is 5. The monoisotopic (exact) mass is 376 g/mol. The Morgan fingerprint density at radius 3 is 2.96 bits per heavy atom. The SMILES string of the molecule is CN1CCOC[C@H](CNC(=O)c2cccc(-c3cnc4ccccc4n3)c2)C1. The molecule has 0 unspecified atom stereocenters. The van der Waals surface area contributed by atoms with Crippen molar-refractivity contribution in [2.75, 3.05) is 39.9 Å². The second-order valence-corrected chi connectivity index (χ2v) is 7.24. The average molecular weight is 376 g/mol. The first-order valence-electron chi connectivity index (χ1n) is 9.56. The van der Waals surface area contributed by atoms with Crippen molar-refractivity contribution < 1.29 is 9.53 Å². The molecular weight excluding hydrogens is 352 g/mol. The molecule has 1 aliphatic heterocycles. The van der Waals surface area contributed by atoms with Crippen LogP contribution in [-0.4, -0.2) is 60.7 Å². The molecule has 0 spiro atoms. The number of fused-ring (bicyclic) bond motifs is 1. The molecule has 1 aromatic heterocycles. The van der Waals surface area contributed by atoms with Gasteiger partial charge in [-0.25, -0.2) is 4.98 Å². The summed E-state index contributed by atoms with van der Waals surface area (Å²) in [6, 6.07) is 15.3. The van der Waals surface area contributed by atoms with Crippen LogP contribution in [0.5, 0.6) is 0 Å². The second-order valence-electron chi connectivity index (χ2n) is 7.24. The average Bonchev–Trinajstić information content (AvgIpc) is 2.95. The maximum Gasteiger partial charge on any atom is 0.251 e. The number of ether oxygens (including phenoxy) is 1. The van der Waals surface area contributed by atoms with E-state index in [4.69, 9.17) is 4.74 Å². The van der Waals surface area contributed by atoms with Crippen LogP contribution < -0.4 is 5.32 Å². The van der Waals surface area contributed by atoms with Gasteiger partial charge in [-0.2, -0.15) is 0 Å². The summed E-state index contributed by atoms with van der Waals surface area (Å²) in [5.41, 5.74) is 3.95. The van der Waals surface area contributed by atoms with Crippen LogP contribution in [0.25, 0.3) is 22.3 Å². The Morgan fingerprint density at radius 1 is 1.21 bits per heavy atom.